The zero-order chi connectivity index (χ0) is 42.0. The first-order valence-electron chi connectivity index (χ1n) is 19.9. The number of hydrogen-bond donors (Lipinski definition) is 4. The van der Waals surface area contributed by atoms with Crippen molar-refractivity contribution in [2.75, 3.05) is 21.2 Å². The molecule has 0 spiro atoms. The van der Waals surface area contributed by atoms with Crippen molar-refractivity contribution in [2.45, 2.75) is 193 Å². The monoisotopic (exact) mass is 807 g/mol. The summed E-state index contributed by atoms with van der Waals surface area (Å²) in [7, 11) is 5.21. The van der Waals surface area contributed by atoms with Gasteiger partial charge in [0.15, 0.2) is 18.7 Å². The lowest BCUT2D eigenvalue weighted by Crippen LogP contribution is -2.61. The molecule has 0 aromatic heterocycles. The van der Waals surface area contributed by atoms with Crippen LogP contribution in [0.4, 0.5) is 0 Å². The molecule has 0 amide bonds. The molecule has 3 aliphatic heterocycles. The lowest BCUT2D eigenvalue weighted by molar-refractivity contribution is -0.319. The quantitative estimate of drug-likeness (QED) is 0.244. The fourth-order valence-corrected chi connectivity index (χ4v) is 8.76. The summed E-state index contributed by atoms with van der Waals surface area (Å²) in [4.78, 5) is 42.9. The minimum atomic E-state index is -2.01. The van der Waals surface area contributed by atoms with Gasteiger partial charge in [-0.1, -0.05) is 34.6 Å². The van der Waals surface area contributed by atoms with Gasteiger partial charge in [0.25, 0.3) is 0 Å². The number of carbonyl (C=O) groups is 3. The van der Waals surface area contributed by atoms with Gasteiger partial charge in [-0.15, -0.1) is 0 Å². The average Bonchev–Trinajstić information content (AvgIpc) is 3.11. The van der Waals surface area contributed by atoms with E-state index in [1.807, 2.05) is 25.9 Å². The Bertz CT molecular complexity index is 1300. The molecule has 6 N–H and O–H groups in total. The molecule has 3 fully saturated rings. The Morgan fingerprint density at radius 3 is 2.04 bits per heavy atom. The zero-order valence-electron chi connectivity index (χ0n) is 36.0. The standard InChI is InChI=1S/C40H71NO14.H2O/c1-15-27-40(11,48)33(44)22(5)30(43)20(3)18-38(9,47)35(55-37-32(53-28(42)16-2)26(41(12)13)17-21(4)50-37)23(6)31(24(7)36(46)52-27)54-29-19-39(10,49-14)34(45)25(8)51-29;/h20-27,29,31-35,37,44-45,47-48H,15-19H2,1-14H3;1H2/t20-,21-,22+,23+,24-,25+,26+,27-,29+,31+,32-,33-,34+,35-,37+,38-,39-,40-;/m1./s1. The van der Waals surface area contributed by atoms with E-state index in [2.05, 4.69) is 0 Å². The highest BCUT2D eigenvalue weighted by atomic mass is 16.7. The Morgan fingerprint density at radius 2 is 1.50 bits per heavy atom. The maximum absolute atomic E-state index is 14.2. The highest BCUT2D eigenvalue weighted by Crippen LogP contribution is 2.41. The third kappa shape index (κ3) is 11.1. The summed E-state index contributed by atoms with van der Waals surface area (Å²) < 4.78 is 43.6. The van der Waals surface area contributed by atoms with Crippen LogP contribution in [-0.2, 0) is 47.5 Å². The number of aliphatic hydroxyl groups is 4. The molecule has 0 radical (unpaired) electrons. The second-order valence-corrected chi connectivity index (χ2v) is 17.3. The molecule has 56 heavy (non-hydrogen) atoms. The van der Waals surface area contributed by atoms with Gasteiger partial charge in [0, 0.05) is 37.7 Å². The number of Topliss-reactive ketones (excluding diaryl/α,β-unsaturated/α-hetero) is 1. The number of rotatable bonds is 9. The fraction of sp³-hybridized carbons (Fsp3) is 0.925. The molecule has 0 bridgehead atoms. The van der Waals surface area contributed by atoms with Gasteiger partial charge in [-0.05, 0) is 74.9 Å². The van der Waals surface area contributed by atoms with Gasteiger partial charge in [-0.3, -0.25) is 14.4 Å². The number of likely N-dealkylation sites (N-methyl/N-ethyl adjacent to an activating group) is 1. The Kier molecular flexibility index (Phi) is 17.9. The van der Waals surface area contributed by atoms with Gasteiger partial charge < -0.3 is 64.0 Å². The first-order chi connectivity index (χ1) is 25.4. The number of carbonyl (C=O) groups excluding carboxylic acids is 3. The molecular weight excluding hydrogens is 734 g/mol. The minimum Gasteiger partial charge on any atom is -0.459 e. The molecule has 16 nitrogen and oxygen atoms in total. The van der Waals surface area contributed by atoms with E-state index in [0.29, 0.717) is 6.42 Å². The van der Waals surface area contributed by atoms with Crippen molar-refractivity contribution in [3.05, 3.63) is 0 Å². The Labute approximate surface area is 333 Å². The van der Waals surface area contributed by atoms with Crippen LogP contribution in [0.3, 0.4) is 0 Å². The fourth-order valence-electron chi connectivity index (χ4n) is 8.76. The predicted octanol–water partition coefficient (Wildman–Crippen LogP) is 1.92. The molecule has 16 heteroatoms. The van der Waals surface area contributed by atoms with Crippen LogP contribution in [0, 0.1) is 23.7 Å². The van der Waals surface area contributed by atoms with Gasteiger partial charge in [0.1, 0.15) is 23.6 Å². The van der Waals surface area contributed by atoms with Crippen molar-refractivity contribution in [3.8, 4) is 0 Å². The molecule has 18 atom stereocenters. The molecule has 0 aliphatic carbocycles. The van der Waals surface area contributed by atoms with Gasteiger partial charge in [0.2, 0.25) is 0 Å². The molecule has 0 unspecified atom stereocenters. The van der Waals surface area contributed by atoms with E-state index in [9.17, 15) is 34.8 Å². The smallest absolute Gasteiger partial charge is 0.311 e. The number of ketones is 1. The minimum absolute atomic E-state index is 0. The first kappa shape index (κ1) is 50.3. The summed E-state index contributed by atoms with van der Waals surface area (Å²) >= 11 is 0. The highest BCUT2D eigenvalue weighted by molar-refractivity contribution is 5.83. The van der Waals surface area contributed by atoms with Gasteiger partial charge in [-0.25, -0.2) is 0 Å². The maximum Gasteiger partial charge on any atom is 0.311 e. The lowest BCUT2D eigenvalue weighted by atomic mass is 9.74. The molecule has 3 saturated heterocycles. The van der Waals surface area contributed by atoms with Crippen LogP contribution in [0.2, 0.25) is 0 Å². The first-order valence-corrected chi connectivity index (χ1v) is 19.9. The topological polar surface area (TPSA) is 231 Å². The van der Waals surface area contributed by atoms with Crippen LogP contribution < -0.4 is 0 Å². The van der Waals surface area contributed by atoms with E-state index >= 15 is 0 Å². The molecular formula is C40H73NO15. The third-order valence-electron chi connectivity index (χ3n) is 12.4. The van der Waals surface area contributed by atoms with E-state index in [4.69, 9.17) is 33.2 Å². The Morgan fingerprint density at radius 1 is 0.893 bits per heavy atom. The molecule has 3 aliphatic rings. The van der Waals surface area contributed by atoms with Crippen molar-refractivity contribution < 1.29 is 73.4 Å². The summed E-state index contributed by atoms with van der Waals surface area (Å²) in [5.74, 6) is -5.59. The van der Waals surface area contributed by atoms with Gasteiger partial charge >= 0.3 is 11.9 Å². The number of esters is 2. The Hall–Kier alpha value is -1.83. The molecule has 0 aromatic carbocycles. The third-order valence-corrected chi connectivity index (χ3v) is 12.4. The van der Waals surface area contributed by atoms with Crippen molar-refractivity contribution in [2.24, 2.45) is 23.7 Å². The van der Waals surface area contributed by atoms with E-state index in [1.165, 1.54) is 27.9 Å². The number of ether oxygens (including phenoxy) is 7. The number of cyclic esters (lactones) is 1. The summed E-state index contributed by atoms with van der Waals surface area (Å²) in [5.41, 5.74) is -4.92. The van der Waals surface area contributed by atoms with Crippen molar-refractivity contribution >= 4 is 17.7 Å². The molecule has 328 valence electrons. The summed E-state index contributed by atoms with van der Waals surface area (Å²) in [6, 6.07) is -0.319. The number of nitrogens with zero attached hydrogens (tertiary/aromatic N) is 1. The lowest BCUT2D eigenvalue weighted by Gasteiger charge is -2.49. The van der Waals surface area contributed by atoms with Crippen molar-refractivity contribution in [1.82, 2.24) is 4.90 Å². The maximum atomic E-state index is 14.2. The van der Waals surface area contributed by atoms with Crippen LogP contribution in [0.15, 0.2) is 0 Å². The van der Waals surface area contributed by atoms with Crippen LogP contribution in [-0.4, -0.2) is 154 Å². The molecule has 3 rings (SSSR count). The van der Waals surface area contributed by atoms with Crippen LogP contribution >= 0.6 is 0 Å². The zero-order valence-corrected chi connectivity index (χ0v) is 36.0. The average molecular weight is 808 g/mol. The number of aliphatic hydroxyl groups excluding tert-OH is 2. The van der Waals surface area contributed by atoms with E-state index in [-0.39, 0.29) is 43.3 Å². The van der Waals surface area contributed by atoms with Crippen LogP contribution in [0.1, 0.15) is 108 Å². The highest BCUT2D eigenvalue weighted by Gasteiger charge is 2.54. The summed E-state index contributed by atoms with van der Waals surface area (Å²) in [6.45, 7) is 18.0. The second-order valence-electron chi connectivity index (χ2n) is 17.3. The van der Waals surface area contributed by atoms with E-state index < -0.39 is 114 Å². The molecule has 0 saturated carbocycles. The van der Waals surface area contributed by atoms with E-state index in [0.717, 1.165) is 0 Å². The van der Waals surface area contributed by atoms with Crippen LogP contribution in [0.5, 0.6) is 0 Å². The number of methoxy groups -OCH3 is 1. The van der Waals surface area contributed by atoms with Crippen LogP contribution in [0.25, 0.3) is 0 Å². The van der Waals surface area contributed by atoms with Crippen molar-refractivity contribution in [3.63, 3.8) is 0 Å². The number of hydrogen-bond acceptors (Lipinski definition) is 15. The predicted molar refractivity (Wildman–Crippen MR) is 204 cm³/mol. The van der Waals surface area contributed by atoms with E-state index in [1.54, 1.807) is 48.5 Å². The molecule has 3 heterocycles. The van der Waals surface area contributed by atoms with Gasteiger partial charge in [-0.2, -0.15) is 0 Å². The summed E-state index contributed by atoms with van der Waals surface area (Å²) in [5, 5.41) is 46.6. The second kappa shape index (κ2) is 19.9. The Balaban J connectivity index is 0.0000108. The largest absolute Gasteiger partial charge is 0.459 e. The SMILES string of the molecule is CCC(=O)O[C@H]1[C@H](O[C@@H]2[C@@H](C)[C@H](O[C@H]3C[C@@](C)(OC)[C@@H](O)[C@H](C)O3)[C@@H](C)C(=O)O[C@H](CC)[C@@](C)(O)[C@H](O)[C@@H](C)C(=O)[C@H](C)C[C@@]2(C)O)O[C@H](C)C[C@@H]1N(C)C.O. The van der Waals surface area contributed by atoms with Gasteiger partial charge in [0.05, 0.1) is 53.7 Å². The molecule has 0 aromatic rings. The van der Waals surface area contributed by atoms with Crippen molar-refractivity contribution in [1.29, 1.82) is 0 Å². The normalized spacial score (nSPS) is 46.0. The summed E-state index contributed by atoms with van der Waals surface area (Å²) in [6.07, 6.45) is -9.68.